The van der Waals surface area contributed by atoms with Gasteiger partial charge in [-0.2, -0.15) is 0 Å². The van der Waals surface area contributed by atoms with E-state index in [9.17, 15) is 24.6 Å². The van der Waals surface area contributed by atoms with Crippen LogP contribution in [0.15, 0.2) is 84.9 Å². The van der Waals surface area contributed by atoms with Gasteiger partial charge >= 0.3 is 0 Å². The smallest absolute Gasteiger partial charge is 0.264 e. The molecule has 2 N–H and O–H groups in total. The van der Waals surface area contributed by atoms with Crippen molar-refractivity contribution in [1.29, 1.82) is 0 Å². The number of rotatable bonds is 11. The van der Waals surface area contributed by atoms with E-state index in [1.54, 1.807) is 52.0 Å². The van der Waals surface area contributed by atoms with Gasteiger partial charge in [-0.15, -0.1) is 0 Å². The van der Waals surface area contributed by atoms with Crippen LogP contribution in [0.3, 0.4) is 0 Å². The SMILES string of the molecule is C[C@@H](/C=C/CC(=O)N(CCO)Cc1ccccc1)[C@]1(O)C(=O)N(Cc2cccc(N3CCCCC3=O)c2)c2ccc(Cl)cc21. The number of carbonyl (C=O) groups excluding carboxylic acids is 3. The molecule has 2 aliphatic rings. The molecule has 2 aliphatic heterocycles. The fourth-order valence-corrected chi connectivity index (χ4v) is 6.19. The Balaban J connectivity index is 1.34. The second-order valence-electron chi connectivity index (χ2n) is 11.4. The van der Waals surface area contributed by atoms with E-state index in [0.29, 0.717) is 35.8 Å². The highest BCUT2D eigenvalue weighted by Gasteiger charge is 2.52. The van der Waals surface area contributed by atoms with Gasteiger partial charge in [-0.05, 0) is 54.3 Å². The van der Waals surface area contributed by atoms with Crippen molar-refractivity contribution in [2.45, 2.75) is 51.3 Å². The van der Waals surface area contributed by atoms with E-state index < -0.39 is 17.4 Å². The molecule has 0 aromatic heterocycles. The Morgan fingerprint density at radius 1 is 1.05 bits per heavy atom. The van der Waals surface area contributed by atoms with Crippen LogP contribution < -0.4 is 9.80 Å². The minimum Gasteiger partial charge on any atom is -0.395 e. The maximum atomic E-state index is 14.0. The number of halogens is 1. The van der Waals surface area contributed by atoms with Gasteiger partial charge in [-0.3, -0.25) is 14.4 Å². The molecule has 44 heavy (non-hydrogen) atoms. The van der Waals surface area contributed by atoms with E-state index in [2.05, 4.69) is 0 Å². The Hall–Kier alpha value is -3.98. The molecule has 0 spiro atoms. The zero-order chi connectivity index (χ0) is 31.3. The standard InChI is InChI=1S/C35H38ClN3O5/c1-25(9-7-15-32(41)37(19-20-40)23-26-10-3-2-4-11-26)35(44)30-22-28(36)16-17-31(30)39(34(35)43)24-27-12-8-13-29(21-27)38-18-6-5-14-33(38)42/h2-4,7-13,16-17,21-22,25,40,44H,5-6,14-15,18-20,23-24H2,1H3/b9-7+/t25-,35+/m0/s1. The lowest BCUT2D eigenvalue weighted by Gasteiger charge is -2.29. The van der Waals surface area contributed by atoms with Gasteiger partial charge in [-0.1, -0.05) is 73.1 Å². The van der Waals surface area contributed by atoms with E-state index in [1.807, 2.05) is 54.6 Å². The third-order valence-corrected chi connectivity index (χ3v) is 8.67. The molecule has 230 valence electrons. The quantitative estimate of drug-likeness (QED) is 0.289. The molecule has 0 radical (unpaired) electrons. The minimum absolute atomic E-state index is 0.0512. The van der Waals surface area contributed by atoms with E-state index in [4.69, 9.17) is 11.6 Å². The number of hydrogen-bond donors (Lipinski definition) is 2. The molecule has 0 saturated carbocycles. The Bertz CT molecular complexity index is 1540. The molecular weight excluding hydrogens is 578 g/mol. The average Bonchev–Trinajstić information content (AvgIpc) is 3.23. The fraction of sp³-hybridized carbons (Fsp3) is 0.343. The maximum absolute atomic E-state index is 14.0. The Labute approximate surface area is 263 Å². The molecule has 0 aliphatic carbocycles. The number of aliphatic hydroxyl groups excluding tert-OH is 1. The number of benzene rings is 3. The molecule has 3 amide bonds. The predicted octanol–water partition coefficient (Wildman–Crippen LogP) is 5.19. The molecule has 2 heterocycles. The first-order valence-electron chi connectivity index (χ1n) is 15.0. The Kier molecular flexibility index (Phi) is 9.84. The average molecular weight is 616 g/mol. The van der Waals surface area contributed by atoms with Crippen molar-refractivity contribution in [3.63, 3.8) is 0 Å². The summed E-state index contributed by atoms with van der Waals surface area (Å²) in [7, 11) is 0. The second kappa shape index (κ2) is 13.8. The van der Waals surface area contributed by atoms with Crippen LogP contribution in [-0.4, -0.2) is 52.5 Å². The lowest BCUT2D eigenvalue weighted by molar-refractivity contribution is -0.139. The van der Waals surface area contributed by atoms with Gasteiger partial charge in [0, 0.05) is 54.7 Å². The van der Waals surface area contributed by atoms with Gasteiger partial charge in [0.25, 0.3) is 5.91 Å². The number of nitrogens with zero attached hydrogens (tertiary/aromatic N) is 3. The van der Waals surface area contributed by atoms with Gasteiger partial charge < -0.3 is 24.9 Å². The molecule has 1 saturated heterocycles. The highest BCUT2D eigenvalue weighted by atomic mass is 35.5. The van der Waals surface area contributed by atoms with Crippen LogP contribution in [0.5, 0.6) is 0 Å². The third kappa shape index (κ3) is 6.58. The molecular formula is C35H38ClN3O5. The summed E-state index contributed by atoms with van der Waals surface area (Å²) in [6.45, 7) is 3.04. The van der Waals surface area contributed by atoms with Crippen LogP contribution in [-0.2, 0) is 33.1 Å². The first-order valence-corrected chi connectivity index (χ1v) is 15.4. The van der Waals surface area contributed by atoms with Crippen molar-refractivity contribution >= 4 is 40.7 Å². The van der Waals surface area contributed by atoms with Crippen LogP contribution >= 0.6 is 11.6 Å². The van der Waals surface area contributed by atoms with Crippen molar-refractivity contribution in [3.05, 3.63) is 107 Å². The fourth-order valence-electron chi connectivity index (χ4n) is 6.02. The summed E-state index contributed by atoms with van der Waals surface area (Å²) in [5.74, 6) is -1.24. The first-order chi connectivity index (χ1) is 21.2. The Morgan fingerprint density at radius 3 is 2.57 bits per heavy atom. The topological polar surface area (TPSA) is 101 Å². The molecule has 3 aromatic rings. The number of anilines is 2. The second-order valence-corrected chi connectivity index (χ2v) is 11.9. The van der Waals surface area contributed by atoms with Crippen LogP contribution in [0.4, 0.5) is 11.4 Å². The van der Waals surface area contributed by atoms with Crippen LogP contribution in [0.2, 0.25) is 5.02 Å². The van der Waals surface area contributed by atoms with Crippen molar-refractivity contribution in [2.75, 3.05) is 29.5 Å². The zero-order valence-corrected chi connectivity index (χ0v) is 25.6. The Morgan fingerprint density at radius 2 is 1.82 bits per heavy atom. The minimum atomic E-state index is -1.89. The number of hydrogen-bond acceptors (Lipinski definition) is 5. The van der Waals surface area contributed by atoms with E-state index in [-0.39, 0.29) is 37.9 Å². The maximum Gasteiger partial charge on any atom is 0.264 e. The van der Waals surface area contributed by atoms with Gasteiger partial charge in [0.2, 0.25) is 11.8 Å². The molecule has 0 bridgehead atoms. The summed E-state index contributed by atoms with van der Waals surface area (Å²) in [4.78, 5) is 44.5. The molecule has 9 heteroatoms. The summed E-state index contributed by atoms with van der Waals surface area (Å²) in [5, 5.41) is 21.9. The summed E-state index contributed by atoms with van der Waals surface area (Å²) in [6.07, 6.45) is 5.77. The van der Waals surface area contributed by atoms with Crippen molar-refractivity contribution in [1.82, 2.24) is 4.90 Å². The van der Waals surface area contributed by atoms with Crippen molar-refractivity contribution in [2.24, 2.45) is 5.92 Å². The van der Waals surface area contributed by atoms with Crippen LogP contribution in [0, 0.1) is 5.92 Å². The van der Waals surface area contributed by atoms with Crippen LogP contribution in [0.1, 0.15) is 49.3 Å². The molecule has 1 fully saturated rings. The summed E-state index contributed by atoms with van der Waals surface area (Å²) < 4.78 is 0. The molecule has 2 atom stereocenters. The summed E-state index contributed by atoms with van der Waals surface area (Å²) in [6, 6.07) is 22.2. The first kappa shape index (κ1) is 31.4. The lowest BCUT2D eigenvalue weighted by atomic mass is 9.83. The van der Waals surface area contributed by atoms with Gasteiger partial charge in [0.15, 0.2) is 5.60 Å². The number of fused-ring (bicyclic) bond motifs is 1. The number of piperidine rings is 1. The largest absolute Gasteiger partial charge is 0.395 e. The zero-order valence-electron chi connectivity index (χ0n) is 24.9. The highest BCUT2D eigenvalue weighted by Crippen LogP contribution is 2.46. The van der Waals surface area contributed by atoms with Gasteiger partial charge in [0.05, 0.1) is 18.8 Å². The summed E-state index contributed by atoms with van der Waals surface area (Å²) >= 11 is 6.34. The van der Waals surface area contributed by atoms with E-state index in [1.165, 1.54) is 0 Å². The third-order valence-electron chi connectivity index (χ3n) is 8.43. The number of aliphatic hydroxyl groups is 2. The van der Waals surface area contributed by atoms with Crippen molar-refractivity contribution < 1.29 is 24.6 Å². The number of carbonyl (C=O) groups is 3. The van der Waals surface area contributed by atoms with Gasteiger partial charge in [-0.25, -0.2) is 0 Å². The van der Waals surface area contributed by atoms with Crippen LogP contribution in [0.25, 0.3) is 0 Å². The predicted molar refractivity (Wildman–Crippen MR) is 171 cm³/mol. The van der Waals surface area contributed by atoms with Crippen molar-refractivity contribution in [3.8, 4) is 0 Å². The van der Waals surface area contributed by atoms with E-state index >= 15 is 0 Å². The highest BCUT2D eigenvalue weighted by molar-refractivity contribution is 6.31. The molecule has 0 unspecified atom stereocenters. The normalized spacial score (nSPS) is 19.0. The van der Waals surface area contributed by atoms with Gasteiger partial charge in [0.1, 0.15) is 0 Å². The van der Waals surface area contributed by atoms with E-state index in [0.717, 1.165) is 29.7 Å². The molecule has 8 nitrogen and oxygen atoms in total. The molecule has 3 aromatic carbocycles. The lowest BCUT2D eigenvalue weighted by Crippen LogP contribution is -2.44. The monoisotopic (exact) mass is 615 g/mol. The number of amides is 3. The summed E-state index contributed by atoms with van der Waals surface area (Å²) in [5.41, 5.74) is 1.67. The molecule has 5 rings (SSSR count).